The van der Waals surface area contributed by atoms with Gasteiger partial charge < -0.3 is 5.32 Å². The second-order valence-corrected chi connectivity index (χ2v) is 6.07. The maximum Gasteiger partial charge on any atom is 0.0610 e. The summed E-state index contributed by atoms with van der Waals surface area (Å²) in [5.41, 5.74) is 2.37. The highest BCUT2D eigenvalue weighted by Crippen LogP contribution is 2.23. The van der Waals surface area contributed by atoms with Crippen LogP contribution in [0.3, 0.4) is 0 Å². The first-order chi connectivity index (χ1) is 7.24. The van der Waals surface area contributed by atoms with Crippen LogP contribution in [-0.2, 0) is 0 Å². The number of halogens is 2. The van der Waals surface area contributed by atoms with Gasteiger partial charge in [-0.3, -0.25) is 0 Å². The molecule has 0 bridgehead atoms. The molecule has 0 atom stereocenters. The van der Waals surface area contributed by atoms with Crippen LogP contribution in [-0.4, -0.2) is 6.54 Å². The highest BCUT2D eigenvalue weighted by molar-refractivity contribution is 9.28. The Morgan fingerprint density at radius 1 is 1.33 bits per heavy atom. The molecule has 0 spiro atoms. The van der Waals surface area contributed by atoms with E-state index in [4.69, 9.17) is 0 Å². The minimum absolute atomic E-state index is 0.958. The molecule has 0 aliphatic rings. The Hall–Kier alpha value is -0.280. The van der Waals surface area contributed by atoms with E-state index in [1.54, 1.807) is 0 Å². The van der Waals surface area contributed by atoms with Crippen molar-refractivity contribution in [1.82, 2.24) is 0 Å². The van der Waals surface area contributed by atoms with E-state index in [0.717, 1.165) is 9.94 Å². The summed E-state index contributed by atoms with van der Waals surface area (Å²) >= 11 is 6.75. The van der Waals surface area contributed by atoms with Gasteiger partial charge >= 0.3 is 0 Å². The Kier molecular flexibility index (Phi) is 6.03. The molecule has 3 heteroatoms. The Labute approximate surface area is 108 Å². The lowest BCUT2D eigenvalue weighted by molar-refractivity contribution is 0.834. The van der Waals surface area contributed by atoms with Crippen LogP contribution < -0.4 is 5.32 Å². The van der Waals surface area contributed by atoms with Gasteiger partial charge in [0, 0.05) is 12.2 Å². The lowest BCUT2D eigenvalue weighted by Gasteiger charge is -2.08. The van der Waals surface area contributed by atoms with Crippen molar-refractivity contribution in [3.8, 4) is 0 Å². The smallest absolute Gasteiger partial charge is 0.0610 e. The summed E-state index contributed by atoms with van der Waals surface area (Å²) in [6.07, 6.45) is 4.47. The van der Waals surface area contributed by atoms with Gasteiger partial charge in [-0.1, -0.05) is 31.5 Å². The second-order valence-electron chi connectivity index (χ2n) is 3.30. The lowest BCUT2D eigenvalue weighted by Crippen LogP contribution is -2.01. The SMILES string of the molecule is CCCCNc1ccccc1C=C(Br)Br. The van der Waals surface area contributed by atoms with Crippen molar-refractivity contribution in [2.45, 2.75) is 19.8 Å². The number of para-hydroxylation sites is 1. The van der Waals surface area contributed by atoms with Gasteiger partial charge in [-0.25, -0.2) is 0 Å². The standard InChI is InChI=1S/C12H15Br2N/c1-2-3-8-15-11-7-5-4-6-10(11)9-12(13)14/h4-7,9,15H,2-3,8H2,1H3. The van der Waals surface area contributed by atoms with Gasteiger partial charge in [0.15, 0.2) is 0 Å². The molecule has 0 unspecified atom stereocenters. The van der Waals surface area contributed by atoms with Crippen molar-refractivity contribution in [1.29, 1.82) is 0 Å². The minimum atomic E-state index is 0.958. The van der Waals surface area contributed by atoms with Crippen LogP contribution in [0.25, 0.3) is 6.08 Å². The topological polar surface area (TPSA) is 12.0 Å². The molecule has 82 valence electrons. The van der Waals surface area contributed by atoms with Gasteiger partial charge in [0.1, 0.15) is 0 Å². The largest absolute Gasteiger partial charge is 0.385 e. The summed E-state index contributed by atoms with van der Waals surface area (Å²) < 4.78 is 0.958. The summed E-state index contributed by atoms with van der Waals surface area (Å²) in [6, 6.07) is 8.29. The molecule has 1 N–H and O–H groups in total. The van der Waals surface area contributed by atoms with Gasteiger partial charge in [0.25, 0.3) is 0 Å². The summed E-state index contributed by atoms with van der Waals surface area (Å²) in [5, 5.41) is 3.43. The summed E-state index contributed by atoms with van der Waals surface area (Å²) in [4.78, 5) is 0. The quantitative estimate of drug-likeness (QED) is 0.749. The van der Waals surface area contributed by atoms with Crippen molar-refractivity contribution < 1.29 is 0 Å². The predicted molar refractivity (Wildman–Crippen MR) is 75.7 cm³/mol. The molecule has 1 rings (SSSR count). The van der Waals surface area contributed by atoms with Crippen LogP contribution in [0.5, 0.6) is 0 Å². The molecule has 0 aromatic heterocycles. The Balaban J connectivity index is 2.73. The van der Waals surface area contributed by atoms with E-state index >= 15 is 0 Å². The van der Waals surface area contributed by atoms with Crippen LogP contribution in [0.15, 0.2) is 27.7 Å². The van der Waals surface area contributed by atoms with E-state index in [0.29, 0.717) is 0 Å². The van der Waals surface area contributed by atoms with Gasteiger partial charge in [0.05, 0.1) is 3.39 Å². The summed E-state index contributed by atoms with van der Waals surface area (Å²) in [5.74, 6) is 0. The number of benzene rings is 1. The predicted octanol–water partition coefficient (Wildman–Crippen LogP) is 4.99. The summed E-state index contributed by atoms with van der Waals surface area (Å²) in [7, 11) is 0. The molecule has 0 saturated heterocycles. The van der Waals surface area contributed by atoms with Crippen molar-refractivity contribution in [2.75, 3.05) is 11.9 Å². The van der Waals surface area contributed by atoms with Crippen molar-refractivity contribution in [2.24, 2.45) is 0 Å². The molecular weight excluding hydrogens is 318 g/mol. The third-order valence-corrected chi connectivity index (χ3v) is 2.53. The highest BCUT2D eigenvalue weighted by Gasteiger charge is 1.98. The molecule has 0 aliphatic carbocycles. The molecule has 0 saturated carbocycles. The molecule has 0 amide bonds. The molecule has 0 heterocycles. The van der Waals surface area contributed by atoms with E-state index in [1.165, 1.54) is 24.1 Å². The monoisotopic (exact) mass is 331 g/mol. The van der Waals surface area contributed by atoms with Gasteiger partial charge in [-0.2, -0.15) is 0 Å². The van der Waals surface area contributed by atoms with Gasteiger partial charge in [0.2, 0.25) is 0 Å². The number of nitrogens with one attached hydrogen (secondary N) is 1. The zero-order chi connectivity index (χ0) is 11.1. The minimum Gasteiger partial charge on any atom is -0.385 e. The van der Waals surface area contributed by atoms with Crippen LogP contribution in [0.1, 0.15) is 25.3 Å². The molecule has 0 aliphatic heterocycles. The van der Waals surface area contributed by atoms with Crippen LogP contribution in [0.4, 0.5) is 5.69 Å². The Morgan fingerprint density at radius 2 is 2.07 bits per heavy atom. The second kappa shape index (κ2) is 7.07. The van der Waals surface area contributed by atoms with Crippen molar-refractivity contribution in [3.63, 3.8) is 0 Å². The fraction of sp³-hybridized carbons (Fsp3) is 0.333. The maximum atomic E-state index is 3.43. The molecule has 0 radical (unpaired) electrons. The average Bonchev–Trinajstić information content (AvgIpc) is 2.20. The normalized spacial score (nSPS) is 9.80. The molecular formula is C12H15Br2N. The van der Waals surface area contributed by atoms with E-state index in [2.05, 4.69) is 56.2 Å². The van der Waals surface area contributed by atoms with Crippen molar-refractivity contribution in [3.05, 3.63) is 33.2 Å². The number of hydrogen-bond acceptors (Lipinski definition) is 1. The zero-order valence-electron chi connectivity index (χ0n) is 8.76. The lowest BCUT2D eigenvalue weighted by atomic mass is 10.1. The number of anilines is 1. The van der Waals surface area contributed by atoms with Crippen molar-refractivity contribution >= 4 is 43.6 Å². The molecule has 1 nitrogen and oxygen atoms in total. The Morgan fingerprint density at radius 3 is 2.73 bits per heavy atom. The van der Waals surface area contributed by atoms with Gasteiger partial charge in [-0.15, -0.1) is 0 Å². The van der Waals surface area contributed by atoms with E-state index in [1.807, 2.05) is 18.2 Å². The summed E-state index contributed by atoms with van der Waals surface area (Å²) in [6.45, 7) is 3.23. The number of hydrogen-bond donors (Lipinski definition) is 1. The third-order valence-electron chi connectivity index (χ3n) is 2.07. The van der Waals surface area contributed by atoms with Gasteiger partial charge in [-0.05, 0) is 56.0 Å². The highest BCUT2D eigenvalue weighted by atomic mass is 79.9. The zero-order valence-corrected chi connectivity index (χ0v) is 11.9. The first-order valence-corrected chi connectivity index (χ1v) is 6.68. The maximum absolute atomic E-state index is 3.43. The molecule has 0 fully saturated rings. The average molecular weight is 333 g/mol. The van der Waals surface area contributed by atoms with Crippen LogP contribution >= 0.6 is 31.9 Å². The molecule has 1 aromatic carbocycles. The first-order valence-electron chi connectivity index (χ1n) is 5.09. The fourth-order valence-electron chi connectivity index (χ4n) is 1.30. The third kappa shape index (κ3) is 4.85. The van der Waals surface area contributed by atoms with E-state index in [-0.39, 0.29) is 0 Å². The van der Waals surface area contributed by atoms with E-state index in [9.17, 15) is 0 Å². The van der Waals surface area contributed by atoms with E-state index < -0.39 is 0 Å². The van der Waals surface area contributed by atoms with Crippen LogP contribution in [0.2, 0.25) is 0 Å². The Bertz CT molecular complexity index is 330. The number of unbranched alkanes of at least 4 members (excludes halogenated alkanes) is 1. The van der Waals surface area contributed by atoms with Crippen LogP contribution in [0, 0.1) is 0 Å². The first kappa shape index (κ1) is 12.8. The molecule has 1 aromatic rings. The number of rotatable bonds is 5. The molecule has 15 heavy (non-hydrogen) atoms. The fourth-order valence-corrected chi connectivity index (χ4v) is 1.79.